The number of carbonyl (C=O) groups excluding carboxylic acids is 1. The zero-order valence-electron chi connectivity index (χ0n) is 22.7. The Hall–Kier alpha value is -3.07. The van der Waals surface area contributed by atoms with Gasteiger partial charge in [0, 0.05) is 32.4 Å². The highest BCUT2D eigenvalue weighted by atomic mass is 32.1. The van der Waals surface area contributed by atoms with Gasteiger partial charge in [-0.3, -0.25) is 4.79 Å². The number of H-pyrrole nitrogens is 1. The monoisotopic (exact) mass is 564 g/mol. The second-order valence-electron chi connectivity index (χ2n) is 10.8. The van der Waals surface area contributed by atoms with Gasteiger partial charge in [0.1, 0.15) is 11.5 Å². The number of carbonyl (C=O) groups is 1. The summed E-state index contributed by atoms with van der Waals surface area (Å²) in [5.41, 5.74) is 8.56. The molecule has 4 heterocycles. The molecule has 3 aromatic heterocycles. The molecule has 2 aliphatic carbocycles. The van der Waals surface area contributed by atoms with Crippen LogP contribution < -0.4 is 11.1 Å². The van der Waals surface area contributed by atoms with E-state index in [1.165, 1.54) is 22.4 Å². The Bertz CT molecular complexity index is 1370. The molecule has 1 saturated heterocycles. The molecular weight excluding hydrogens is 528 g/mol. The smallest absolute Gasteiger partial charge is 0.237 e. The van der Waals surface area contributed by atoms with Crippen LogP contribution in [0.1, 0.15) is 78.0 Å². The minimum absolute atomic E-state index is 0.00298. The third kappa shape index (κ3) is 5.01. The van der Waals surface area contributed by atoms with Crippen molar-refractivity contribution in [2.75, 3.05) is 6.54 Å². The number of thiophene rings is 2. The summed E-state index contributed by atoms with van der Waals surface area (Å²) in [7, 11) is 0. The average Bonchev–Trinajstić information content (AvgIpc) is 3.45. The van der Waals surface area contributed by atoms with Crippen LogP contribution >= 0.6 is 22.7 Å². The van der Waals surface area contributed by atoms with Crippen LogP contribution in [0.5, 0.6) is 0 Å². The number of aromatic amines is 1. The lowest BCUT2D eigenvalue weighted by molar-refractivity contribution is -0.131. The Morgan fingerprint density at radius 3 is 2.82 bits per heavy atom. The summed E-state index contributed by atoms with van der Waals surface area (Å²) in [5, 5.41) is 30.7. The van der Waals surface area contributed by atoms with Crippen LogP contribution in [0.3, 0.4) is 0 Å². The summed E-state index contributed by atoms with van der Waals surface area (Å²) in [5.74, 6) is 1.13. The van der Waals surface area contributed by atoms with Crippen LogP contribution in [-0.2, 0) is 23.1 Å². The van der Waals surface area contributed by atoms with Crippen LogP contribution in [0.25, 0.3) is 5.70 Å². The highest BCUT2D eigenvalue weighted by molar-refractivity contribution is 7.14. The number of nitrogens with zero attached hydrogens (tertiary/aromatic N) is 5. The van der Waals surface area contributed by atoms with E-state index >= 15 is 0 Å². The van der Waals surface area contributed by atoms with Gasteiger partial charge in [0.2, 0.25) is 5.91 Å². The van der Waals surface area contributed by atoms with Gasteiger partial charge in [0.05, 0.1) is 12.6 Å². The highest BCUT2D eigenvalue weighted by Crippen LogP contribution is 2.52. The van der Waals surface area contributed by atoms with Gasteiger partial charge in [-0.25, -0.2) is 0 Å². The van der Waals surface area contributed by atoms with Crippen LogP contribution in [0.15, 0.2) is 24.1 Å². The van der Waals surface area contributed by atoms with Crippen LogP contribution in [0.2, 0.25) is 0 Å². The summed E-state index contributed by atoms with van der Waals surface area (Å²) in [6, 6.07) is 6.56. The van der Waals surface area contributed by atoms with Crippen LogP contribution in [0.4, 0.5) is 0 Å². The average molecular weight is 565 g/mol. The van der Waals surface area contributed by atoms with E-state index in [1.807, 2.05) is 0 Å². The van der Waals surface area contributed by atoms with Crippen molar-refractivity contribution in [1.29, 1.82) is 5.26 Å². The fourth-order valence-electron chi connectivity index (χ4n) is 6.05. The Morgan fingerprint density at radius 2 is 2.13 bits per heavy atom. The molecule has 1 aliphatic heterocycles. The largest absolute Gasteiger partial charge is 0.398 e. The van der Waals surface area contributed by atoms with E-state index in [0.29, 0.717) is 23.9 Å². The molecule has 3 aliphatic rings. The van der Waals surface area contributed by atoms with E-state index in [2.05, 4.69) is 76.9 Å². The molecule has 1 saturated carbocycles. The zero-order chi connectivity index (χ0) is 27.7. The predicted molar refractivity (Wildman–Crippen MR) is 154 cm³/mol. The Balaban J connectivity index is 0.000000983. The van der Waals surface area contributed by atoms with Crippen molar-refractivity contribution < 1.29 is 4.79 Å². The molecule has 1 amide bonds. The summed E-state index contributed by atoms with van der Waals surface area (Å²) in [6.45, 7) is 10.5. The first kappa shape index (κ1) is 27.5. The molecule has 9 nitrogen and oxygen atoms in total. The Morgan fingerprint density at radius 1 is 1.36 bits per heavy atom. The minimum atomic E-state index is -0.624. The summed E-state index contributed by atoms with van der Waals surface area (Å²) in [4.78, 5) is 18.2. The molecule has 0 aromatic carbocycles. The number of fused-ring (bicyclic) bond motifs is 3. The molecule has 6 rings (SSSR count). The standard InChI is InChI=1S/C25H28N8OS2.C3H8/c1-13(28-12-21(34)33-18(11-26)7-17-8-19(17)33)10-25(24-29-31-32-30-24)22-15(5-6-35-22)3-4-16-9-20(14(2)27)36-23(16)25;1-3-2/h5-6,9,13,17-19,28H,2-4,7-8,10,12,27H2,1H3,(H,29,30,31,32);3H2,1-2H3. The molecule has 2 fully saturated rings. The fraction of sp³-hybridized carbons (Fsp3) is 0.536. The van der Waals surface area contributed by atoms with Crippen LogP contribution in [-0.4, -0.2) is 56.1 Å². The first-order valence-electron chi connectivity index (χ1n) is 13.7. The van der Waals surface area contributed by atoms with Crippen molar-refractivity contribution >= 4 is 34.3 Å². The number of tetrazole rings is 1. The number of rotatable bonds is 7. The molecule has 39 heavy (non-hydrogen) atoms. The number of amides is 1. The molecule has 206 valence electrons. The van der Waals surface area contributed by atoms with Gasteiger partial charge < -0.3 is 16.0 Å². The second kappa shape index (κ2) is 11.2. The quantitative estimate of drug-likeness (QED) is 0.395. The second-order valence-corrected chi connectivity index (χ2v) is 12.8. The first-order chi connectivity index (χ1) is 18.8. The highest BCUT2D eigenvalue weighted by Gasteiger charge is 2.54. The van der Waals surface area contributed by atoms with Crippen molar-refractivity contribution in [3.05, 3.63) is 55.7 Å². The zero-order valence-corrected chi connectivity index (χ0v) is 24.4. The number of hydrogen-bond donors (Lipinski definition) is 3. The third-order valence-corrected chi connectivity index (χ3v) is 10.3. The predicted octanol–water partition coefficient (Wildman–Crippen LogP) is 3.98. The third-order valence-electron chi connectivity index (χ3n) is 7.79. The number of nitriles is 1. The molecule has 0 radical (unpaired) electrons. The Kier molecular flexibility index (Phi) is 7.89. The lowest BCUT2D eigenvalue weighted by Gasteiger charge is -2.33. The van der Waals surface area contributed by atoms with E-state index < -0.39 is 5.41 Å². The van der Waals surface area contributed by atoms with E-state index in [4.69, 9.17) is 5.73 Å². The number of likely N-dealkylation sites (tertiary alicyclic amines) is 1. The lowest BCUT2D eigenvalue weighted by atomic mass is 9.76. The molecular formula is C28H36N8OS2. The van der Waals surface area contributed by atoms with Crippen LogP contribution in [0, 0.1) is 17.2 Å². The van der Waals surface area contributed by atoms with Crippen molar-refractivity contribution in [2.24, 2.45) is 11.7 Å². The summed E-state index contributed by atoms with van der Waals surface area (Å²) < 4.78 is 0. The van der Waals surface area contributed by atoms with E-state index in [0.717, 1.165) is 35.4 Å². The van der Waals surface area contributed by atoms with Crippen molar-refractivity contribution in [3.8, 4) is 6.07 Å². The normalized spacial score (nSPS) is 25.3. The molecule has 11 heteroatoms. The number of nitrogens with two attached hydrogens (primary N) is 1. The van der Waals surface area contributed by atoms with Gasteiger partial charge in [0.25, 0.3) is 0 Å². The van der Waals surface area contributed by atoms with Gasteiger partial charge >= 0.3 is 0 Å². The van der Waals surface area contributed by atoms with Gasteiger partial charge in [-0.1, -0.05) is 32.1 Å². The molecule has 3 aromatic rings. The number of aromatic nitrogens is 4. The number of nitrogens with one attached hydrogen (secondary N) is 2. The number of hydrogen-bond acceptors (Lipinski definition) is 9. The van der Waals surface area contributed by atoms with Gasteiger partial charge in [0.15, 0.2) is 5.82 Å². The van der Waals surface area contributed by atoms with Gasteiger partial charge in [-0.05, 0) is 73.6 Å². The first-order valence-corrected chi connectivity index (χ1v) is 15.4. The maximum atomic E-state index is 13.1. The van der Waals surface area contributed by atoms with E-state index in [1.54, 1.807) is 27.6 Å². The summed E-state index contributed by atoms with van der Waals surface area (Å²) >= 11 is 3.36. The van der Waals surface area contributed by atoms with Crippen molar-refractivity contribution in [2.45, 2.75) is 82.8 Å². The fourth-order valence-corrected chi connectivity index (χ4v) is 8.58. The lowest BCUT2D eigenvalue weighted by Crippen LogP contribution is -2.46. The molecule has 5 atom stereocenters. The SMILES string of the molecule is C=C(N)c1cc2c(s1)C(CC(C)NCC(=O)N1C(C#N)CC3CC31)(c1nn[nH]n1)c1sccc1CC2.CCC. The maximum absolute atomic E-state index is 13.1. The maximum Gasteiger partial charge on any atom is 0.237 e. The van der Waals surface area contributed by atoms with Gasteiger partial charge in [-0.15, -0.1) is 32.9 Å². The molecule has 5 unspecified atom stereocenters. The molecule has 4 N–H and O–H groups in total. The van der Waals surface area contributed by atoms with E-state index in [9.17, 15) is 10.1 Å². The molecule has 0 bridgehead atoms. The minimum Gasteiger partial charge on any atom is -0.398 e. The van der Waals surface area contributed by atoms with Gasteiger partial charge in [-0.2, -0.15) is 10.5 Å². The topological polar surface area (TPSA) is 137 Å². The van der Waals surface area contributed by atoms with E-state index in [-0.39, 0.29) is 30.6 Å². The molecule has 0 spiro atoms. The number of aryl methyl sites for hydroxylation is 2. The summed E-state index contributed by atoms with van der Waals surface area (Å²) in [6.07, 6.45) is 5.55. The number of piperidine rings is 1. The van der Waals surface area contributed by atoms with Crippen molar-refractivity contribution in [3.63, 3.8) is 0 Å². The Labute approximate surface area is 237 Å². The van der Waals surface area contributed by atoms with Crippen molar-refractivity contribution in [1.82, 2.24) is 30.8 Å².